The summed E-state index contributed by atoms with van der Waals surface area (Å²) < 4.78 is 0. The Hall–Kier alpha value is -2.24. The van der Waals surface area contributed by atoms with Gasteiger partial charge in [0.15, 0.2) is 0 Å². The summed E-state index contributed by atoms with van der Waals surface area (Å²) in [6, 6.07) is 13.2. The lowest BCUT2D eigenvalue weighted by Crippen LogP contribution is -2.50. The molecule has 0 radical (unpaired) electrons. The van der Waals surface area contributed by atoms with E-state index in [1.165, 1.54) is 29.5 Å². The Kier molecular flexibility index (Phi) is 7.13. The van der Waals surface area contributed by atoms with Gasteiger partial charge in [-0.25, -0.2) is 0 Å². The first-order chi connectivity index (χ1) is 14.7. The molecule has 0 bridgehead atoms. The summed E-state index contributed by atoms with van der Waals surface area (Å²) in [6.07, 6.45) is 8.32. The first kappa shape index (κ1) is 21.0. The van der Waals surface area contributed by atoms with E-state index in [9.17, 15) is 4.79 Å². The summed E-state index contributed by atoms with van der Waals surface area (Å²) in [4.78, 5) is 22.1. The van der Waals surface area contributed by atoms with Crippen LogP contribution in [0.15, 0.2) is 48.8 Å². The number of pyridine rings is 1. The summed E-state index contributed by atoms with van der Waals surface area (Å²) in [7, 11) is 0. The van der Waals surface area contributed by atoms with Gasteiger partial charge in [-0.05, 0) is 69.4 Å². The fraction of sp³-hybridized carbons (Fsp3) is 0.520. The lowest BCUT2D eigenvalue weighted by molar-refractivity contribution is -0.127. The molecule has 1 aromatic carbocycles. The van der Waals surface area contributed by atoms with Crippen molar-refractivity contribution < 1.29 is 4.79 Å². The number of carbonyl (C=O) groups excluding carboxylic acids is 1. The number of nitrogens with zero attached hydrogens (tertiary/aromatic N) is 3. The van der Waals surface area contributed by atoms with Crippen LogP contribution in [0, 0.1) is 12.8 Å². The largest absolute Gasteiger partial charge is 0.352 e. The Morgan fingerprint density at radius 2 is 1.93 bits per heavy atom. The minimum absolute atomic E-state index is 0.122. The molecule has 1 amide bonds. The molecule has 2 aromatic rings. The zero-order chi connectivity index (χ0) is 20.8. The average Bonchev–Trinajstić information content (AvgIpc) is 2.79. The zero-order valence-electron chi connectivity index (χ0n) is 18.1. The fourth-order valence-electron chi connectivity index (χ4n) is 4.90. The van der Waals surface area contributed by atoms with E-state index in [0.29, 0.717) is 12.6 Å². The molecule has 1 aromatic heterocycles. The number of aromatic nitrogens is 1. The monoisotopic (exact) mass is 406 g/mol. The van der Waals surface area contributed by atoms with Crippen LogP contribution in [-0.4, -0.2) is 52.9 Å². The van der Waals surface area contributed by atoms with Crippen molar-refractivity contribution in [3.63, 3.8) is 0 Å². The Balaban J connectivity index is 1.23. The topological polar surface area (TPSA) is 48.5 Å². The number of rotatable bonds is 6. The van der Waals surface area contributed by atoms with Gasteiger partial charge in [0, 0.05) is 38.1 Å². The maximum atomic E-state index is 12.8. The molecule has 2 saturated heterocycles. The number of amides is 1. The number of benzene rings is 1. The smallest absolute Gasteiger partial charge is 0.224 e. The highest BCUT2D eigenvalue weighted by Gasteiger charge is 2.31. The number of piperidine rings is 2. The second-order valence-electron chi connectivity index (χ2n) is 8.91. The highest BCUT2D eigenvalue weighted by atomic mass is 16.1. The fourth-order valence-corrected chi connectivity index (χ4v) is 4.90. The van der Waals surface area contributed by atoms with Crippen LogP contribution >= 0.6 is 0 Å². The molecule has 3 heterocycles. The van der Waals surface area contributed by atoms with Crippen molar-refractivity contribution in [2.45, 2.75) is 51.7 Å². The maximum Gasteiger partial charge on any atom is 0.224 e. The van der Waals surface area contributed by atoms with Gasteiger partial charge < -0.3 is 5.32 Å². The predicted molar refractivity (Wildman–Crippen MR) is 120 cm³/mol. The van der Waals surface area contributed by atoms with Crippen LogP contribution in [0.4, 0.5) is 0 Å². The summed E-state index contributed by atoms with van der Waals surface area (Å²) >= 11 is 0. The number of nitrogens with one attached hydrogen (secondary N) is 1. The molecule has 5 heteroatoms. The Morgan fingerprint density at radius 1 is 1.10 bits per heavy atom. The van der Waals surface area contributed by atoms with Gasteiger partial charge in [0.25, 0.3) is 0 Å². The highest BCUT2D eigenvalue weighted by molar-refractivity contribution is 5.79. The number of hydrogen-bond donors (Lipinski definition) is 1. The van der Waals surface area contributed by atoms with Crippen LogP contribution in [0.25, 0.3) is 0 Å². The second kappa shape index (κ2) is 10.2. The molecule has 0 saturated carbocycles. The normalized spacial score (nSPS) is 21.4. The number of likely N-dealkylation sites (tertiary alicyclic amines) is 2. The molecule has 2 aliphatic heterocycles. The van der Waals surface area contributed by atoms with Crippen LogP contribution in [-0.2, 0) is 17.9 Å². The van der Waals surface area contributed by atoms with Crippen molar-refractivity contribution in [3.8, 4) is 0 Å². The molecule has 4 rings (SSSR count). The third kappa shape index (κ3) is 5.67. The Morgan fingerprint density at radius 3 is 2.70 bits per heavy atom. The predicted octanol–water partition coefficient (Wildman–Crippen LogP) is 3.38. The third-order valence-electron chi connectivity index (χ3n) is 6.58. The molecule has 0 aliphatic carbocycles. The van der Waals surface area contributed by atoms with E-state index in [2.05, 4.69) is 57.4 Å². The molecule has 2 aliphatic rings. The molecule has 30 heavy (non-hydrogen) atoms. The summed E-state index contributed by atoms with van der Waals surface area (Å²) in [5, 5.41) is 3.17. The molecule has 1 atom stereocenters. The highest BCUT2D eigenvalue weighted by Crippen LogP contribution is 2.24. The molecule has 1 N–H and O–H groups in total. The van der Waals surface area contributed by atoms with E-state index >= 15 is 0 Å². The summed E-state index contributed by atoms with van der Waals surface area (Å²) in [5.74, 6) is 0.340. The summed E-state index contributed by atoms with van der Waals surface area (Å²) in [6.45, 7) is 8.00. The summed E-state index contributed by atoms with van der Waals surface area (Å²) in [5.41, 5.74) is 3.71. The van der Waals surface area contributed by atoms with Gasteiger partial charge in [0.1, 0.15) is 0 Å². The first-order valence-electron chi connectivity index (χ1n) is 11.4. The molecular formula is C25H34N4O. The lowest BCUT2D eigenvalue weighted by atomic mass is 9.93. The number of carbonyl (C=O) groups is 1. The number of hydrogen-bond acceptors (Lipinski definition) is 4. The van der Waals surface area contributed by atoms with Crippen LogP contribution in [0.5, 0.6) is 0 Å². The third-order valence-corrected chi connectivity index (χ3v) is 6.58. The van der Waals surface area contributed by atoms with Gasteiger partial charge >= 0.3 is 0 Å². The van der Waals surface area contributed by atoms with Crippen molar-refractivity contribution in [1.29, 1.82) is 0 Å². The average molecular weight is 407 g/mol. The first-order valence-corrected chi connectivity index (χ1v) is 11.4. The standard InChI is InChI=1S/C25H34N4O/c1-20-5-2-6-21(15-20)17-27-25(30)23-8-4-12-29(19-23)24-9-13-28(14-10-24)18-22-7-3-11-26-16-22/h2-3,5-7,11,15-16,23-24H,4,8-10,12-14,17-19H2,1H3,(H,27,30). The van der Waals surface area contributed by atoms with Gasteiger partial charge in [-0.2, -0.15) is 0 Å². The van der Waals surface area contributed by atoms with Gasteiger partial charge in [0.2, 0.25) is 5.91 Å². The van der Waals surface area contributed by atoms with E-state index in [4.69, 9.17) is 0 Å². The Labute approximate surface area is 180 Å². The van der Waals surface area contributed by atoms with Crippen molar-refractivity contribution in [2.75, 3.05) is 26.2 Å². The minimum atomic E-state index is 0.122. The molecular weight excluding hydrogens is 372 g/mol. The molecule has 160 valence electrons. The van der Waals surface area contributed by atoms with E-state index in [1.807, 2.05) is 18.5 Å². The zero-order valence-corrected chi connectivity index (χ0v) is 18.1. The maximum absolute atomic E-state index is 12.8. The SMILES string of the molecule is Cc1cccc(CNC(=O)C2CCCN(C3CCN(Cc4cccnc4)CC3)C2)c1. The quantitative estimate of drug-likeness (QED) is 0.799. The van der Waals surface area contributed by atoms with E-state index in [0.717, 1.165) is 45.6 Å². The van der Waals surface area contributed by atoms with Gasteiger partial charge in [-0.1, -0.05) is 35.9 Å². The van der Waals surface area contributed by atoms with Gasteiger partial charge in [-0.3, -0.25) is 19.6 Å². The van der Waals surface area contributed by atoms with Crippen molar-refractivity contribution in [2.24, 2.45) is 5.92 Å². The van der Waals surface area contributed by atoms with E-state index in [-0.39, 0.29) is 11.8 Å². The molecule has 5 nitrogen and oxygen atoms in total. The van der Waals surface area contributed by atoms with Gasteiger partial charge in [0.05, 0.1) is 5.92 Å². The number of aryl methyl sites for hydroxylation is 1. The van der Waals surface area contributed by atoms with Crippen molar-refractivity contribution in [1.82, 2.24) is 20.1 Å². The van der Waals surface area contributed by atoms with E-state index in [1.54, 1.807) is 0 Å². The second-order valence-corrected chi connectivity index (χ2v) is 8.91. The van der Waals surface area contributed by atoms with E-state index < -0.39 is 0 Å². The van der Waals surface area contributed by atoms with Crippen LogP contribution in [0.1, 0.15) is 42.4 Å². The van der Waals surface area contributed by atoms with Crippen LogP contribution < -0.4 is 5.32 Å². The Bertz CT molecular complexity index is 817. The van der Waals surface area contributed by atoms with Crippen LogP contribution in [0.2, 0.25) is 0 Å². The van der Waals surface area contributed by atoms with Crippen molar-refractivity contribution in [3.05, 3.63) is 65.5 Å². The van der Waals surface area contributed by atoms with Crippen molar-refractivity contribution >= 4 is 5.91 Å². The molecule has 0 spiro atoms. The molecule has 1 unspecified atom stereocenters. The van der Waals surface area contributed by atoms with Crippen LogP contribution in [0.3, 0.4) is 0 Å². The lowest BCUT2D eigenvalue weighted by Gasteiger charge is -2.42. The minimum Gasteiger partial charge on any atom is -0.352 e. The molecule has 2 fully saturated rings. The van der Waals surface area contributed by atoms with Gasteiger partial charge in [-0.15, -0.1) is 0 Å².